The number of esters is 1. The van der Waals surface area contributed by atoms with E-state index < -0.39 is 11.9 Å². The molecule has 2 N–H and O–H groups in total. The number of aryl methyl sites for hydroxylation is 1. The van der Waals surface area contributed by atoms with Gasteiger partial charge in [-0.25, -0.2) is 4.79 Å². The van der Waals surface area contributed by atoms with Gasteiger partial charge in [0.05, 0.1) is 18.1 Å². The Labute approximate surface area is 122 Å². The van der Waals surface area contributed by atoms with E-state index in [9.17, 15) is 10.1 Å². The molecular formula is C15H16N2O4. The van der Waals surface area contributed by atoms with Crippen molar-refractivity contribution in [3.8, 4) is 6.07 Å². The van der Waals surface area contributed by atoms with Gasteiger partial charge in [0, 0.05) is 0 Å². The van der Waals surface area contributed by atoms with E-state index in [2.05, 4.69) is 0 Å². The van der Waals surface area contributed by atoms with Crippen LogP contribution in [0, 0.1) is 18.3 Å². The average molecular weight is 288 g/mol. The normalized spacial score (nSPS) is 18.3. The second-order valence-electron chi connectivity index (χ2n) is 4.56. The maximum atomic E-state index is 12.2. The highest BCUT2D eigenvalue weighted by molar-refractivity contribution is 5.92. The van der Waals surface area contributed by atoms with Crippen LogP contribution >= 0.6 is 0 Å². The summed E-state index contributed by atoms with van der Waals surface area (Å²) in [6.45, 7) is 5.32. The van der Waals surface area contributed by atoms with Gasteiger partial charge in [-0.1, -0.05) is 0 Å². The number of nitrogens with zero attached hydrogens (tertiary/aromatic N) is 1. The van der Waals surface area contributed by atoms with Gasteiger partial charge in [-0.05, 0) is 32.9 Å². The van der Waals surface area contributed by atoms with Crippen LogP contribution in [0.5, 0.6) is 0 Å². The quantitative estimate of drug-likeness (QED) is 0.856. The van der Waals surface area contributed by atoms with Gasteiger partial charge in [0.15, 0.2) is 0 Å². The standard InChI is InChI=1S/C15H16N2O4/c1-4-19-15(18)12-9(3)21-14(17)10(7-16)13(12)11-6-5-8(2)20-11/h5-6,13H,4,17H2,1-3H3/t13-/m1/s1. The minimum atomic E-state index is -0.712. The SMILES string of the molecule is CCOC(=O)C1=C(C)OC(N)=C(C#N)[C@@H]1c1ccc(C)o1. The summed E-state index contributed by atoms with van der Waals surface area (Å²) in [6.07, 6.45) is 0. The van der Waals surface area contributed by atoms with Crippen molar-refractivity contribution in [2.75, 3.05) is 6.61 Å². The van der Waals surface area contributed by atoms with Gasteiger partial charge in [-0.2, -0.15) is 5.26 Å². The Hall–Kier alpha value is -2.68. The molecule has 2 heterocycles. The van der Waals surface area contributed by atoms with E-state index in [1.54, 1.807) is 32.9 Å². The van der Waals surface area contributed by atoms with Crippen molar-refractivity contribution in [1.82, 2.24) is 0 Å². The van der Waals surface area contributed by atoms with Crippen molar-refractivity contribution in [2.24, 2.45) is 5.73 Å². The predicted octanol–water partition coefficient (Wildman–Crippen LogP) is 2.23. The summed E-state index contributed by atoms with van der Waals surface area (Å²) >= 11 is 0. The van der Waals surface area contributed by atoms with Crippen molar-refractivity contribution >= 4 is 5.97 Å². The average Bonchev–Trinajstić information content (AvgIpc) is 2.84. The first kappa shape index (κ1) is 14.7. The van der Waals surface area contributed by atoms with Gasteiger partial charge < -0.3 is 19.6 Å². The summed E-state index contributed by atoms with van der Waals surface area (Å²) in [5.41, 5.74) is 6.13. The number of ether oxygens (including phenoxy) is 2. The predicted molar refractivity (Wildman–Crippen MR) is 73.4 cm³/mol. The highest BCUT2D eigenvalue weighted by atomic mass is 16.5. The zero-order valence-electron chi connectivity index (χ0n) is 12.1. The number of furan rings is 1. The smallest absolute Gasteiger partial charge is 0.338 e. The second-order valence-corrected chi connectivity index (χ2v) is 4.56. The molecule has 6 nitrogen and oxygen atoms in total. The molecule has 0 spiro atoms. The fourth-order valence-electron chi connectivity index (χ4n) is 2.25. The second kappa shape index (κ2) is 5.75. The molecule has 0 radical (unpaired) electrons. The number of nitrogens with two attached hydrogens (primary N) is 1. The zero-order chi connectivity index (χ0) is 15.6. The number of hydrogen-bond donors (Lipinski definition) is 1. The lowest BCUT2D eigenvalue weighted by Gasteiger charge is -2.25. The Bertz CT molecular complexity index is 676. The topological polar surface area (TPSA) is 98.5 Å². The number of carbonyl (C=O) groups excluding carboxylic acids is 1. The Morgan fingerprint density at radius 3 is 2.71 bits per heavy atom. The Morgan fingerprint density at radius 1 is 1.48 bits per heavy atom. The molecule has 0 saturated carbocycles. The summed E-state index contributed by atoms with van der Waals surface area (Å²) in [6, 6.07) is 5.46. The van der Waals surface area contributed by atoms with E-state index in [-0.39, 0.29) is 23.6 Å². The summed E-state index contributed by atoms with van der Waals surface area (Å²) in [4.78, 5) is 12.2. The summed E-state index contributed by atoms with van der Waals surface area (Å²) in [7, 11) is 0. The molecule has 6 heteroatoms. The van der Waals surface area contributed by atoms with Crippen LogP contribution in [-0.4, -0.2) is 12.6 Å². The minimum absolute atomic E-state index is 0.0258. The van der Waals surface area contributed by atoms with Crippen LogP contribution in [0.2, 0.25) is 0 Å². The number of hydrogen-bond acceptors (Lipinski definition) is 6. The number of carbonyl (C=O) groups is 1. The van der Waals surface area contributed by atoms with Gasteiger partial charge in [0.25, 0.3) is 0 Å². The summed E-state index contributed by atoms with van der Waals surface area (Å²) in [5.74, 6) is 0.155. The first-order valence-corrected chi connectivity index (χ1v) is 6.51. The van der Waals surface area contributed by atoms with E-state index in [0.29, 0.717) is 17.3 Å². The van der Waals surface area contributed by atoms with Gasteiger partial charge >= 0.3 is 5.97 Å². The molecule has 0 saturated heterocycles. The molecule has 0 aromatic carbocycles. The Kier molecular flexibility index (Phi) is 4.03. The fourth-order valence-corrected chi connectivity index (χ4v) is 2.25. The fraction of sp³-hybridized carbons (Fsp3) is 0.333. The lowest BCUT2D eigenvalue weighted by atomic mass is 9.87. The molecule has 0 fully saturated rings. The van der Waals surface area contributed by atoms with E-state index in [1.807, 2.05) is 6.07 Å². The first-order valence-electron chi connectivity index (χ1n) is 6.51. The van der Waals surface area contributed by atoms with Gasteiger partial charge in [0.2, 0.25) is 5.88 Å². The van der Waals surface area contributed by atoms with Crippen LogP contribution in [0.1, 0.15) is 31.3 Å². The van der Waals surface area contributed by atoms with Crippen molar-refractivity contribution in [2.45, 2.75) is 26.7 Å². The third kappa shape index (κ3) is 2.63. The molecule has 21 heavy (non-hydrogen) atoms. The number of rotatable bonds is 3. The van der Waals surface area contributed by atoms with Crippen molar-refractivity contribution in [1.29, 1.82) is 5.26 Å². The maximum Gasteiger partial charge on any atom is 0.338 e. The minimum Gasteiger partial charge on any atom is -0.465 e. The molecule has 2 rings (SSSR count). The first-order chi connectivity index (χ1) is 9.99. The van der Waals surface area contributed by atoms with Gasteiger partial charge in [-0.3, -0.25) is 0 Å². The molecule has 0 bridgehead atoms. The molecule has 1 aromatic heterocycles. The third-order valence-electron chi connectivity index (χ3n) is 3.15. The Balaban J connectivity index is 2.57. The Morgan fingerprint density at radius 2 is 2.19 bits per heavy atom. The molecule has 0 aliphatic carbocycles. The van der Waals surface area contributed by atoms with Crippen molar-refractivity contribution in [3.63, 3.8) is 0 Å². The molecule has 1 atom stereocenters. The van der Waals surface area contributed by atoms with Crippen LogP contribution in [0.3, 0.4) is 0 Å². The molecular weight excluding hydrogens is 272 g/mol. The lowest BCUT2D eigenvalue weighted by molar-refractivity contribution is -0.139. The highest BCUT2D eigenvalue weighted by Gasteiger charge is 2.38. The monoisotopic (exact) mass is 288 g/mol. The van der Waals surface area contributed by atoms with Crippen molar-refractivity contribution in [3.05, 3.63) is 46.4 Å². The summed E-state index contributed by atoms with van der Waals surface area (Å²) in [5, 5.41) is 9.33. The van der Waals surface area contributed by atoms with Crippen LogP contribution in [0.4, 0.5) is 0 Å². The van der Waals surface area contributed by atoms with E-state index >= 15 is 0 Å². The maximum absolute atomic E-state index is 12.2. The van der Waals surface area contributed by atoms with Crippen LogP contribution < -0.4 is 5.73 Å². The lowest BCUT2D eigenvalue weighted by Crippen LogP contribution is -2.25. The summed E-state index contributed by atoms with van der Waals surface area (Å²) < 4.78 is 15.9. The van der Waals surface area contributed by atoms with E-state index in [1.165, 1.54) is 0 Å². The van der Waals surface area contributed by atoms with E-state index in [0.717, 1.165) is 0 Å². The zero-order valence-corrected chi connectivity index (χ0v) is 12.1. The van der Waals surface area contributed by atoms with Gasteiger partial charge in [-0.15, -0.1) is 0 Å². The van der Waals surface area contributed by atoms with Gasteiger partial charge in [0.1, 0.15) is 28.9 Å². The molecule has 1 aromatic rings. The highest BCUT2D eigenvalue weighted by Crippen LogP contribution is 2.40. The number of allylic oxidation sites excluding steroid dienone is 2. The third-order valence-corrected chi connectivity index (χ3v) is 3.15. The van der Waals surface area contributed by atoms with Crippen molar-refractivity contribution < 1.29 is 18.7 Å². The molecule has 1 aliphatic heterocycles. The number of nitriles is 1. The largest absolute Gasteiger partial charge is 0.465 e. The van der Waals surface area contributed by atoms with Crippen LogP contribution in [-0.2, 0) is 14.3 Å². The van der Waals surface area contributed by atoms with Crippen LogP contribution in [0.15, 0.2) is 39.3 Å². The molecule has 1 aliphatic rings. The van der Waals surface area contributed by atoms with E-state index in [4.69, 9.17) is 19.6 Å². The molecule has 110 valence electrons. The molecule has 0 unspecified atom stereocenters. The van der Waals surface area contributed by atoms with Crippen LogP contribution in [0.25, 0.3) is 0 Å². The molecule has 0 amide bonds.